The second-order valence-corrected chi connectivity index (χ2v) is 3.89. The maximum absolute atomic E-state index is 12.9. The lowest BCUT2D eigenvalue weighted by Crippen LogP contribution is -2.13. The van der Waals surface area contributed by atoms with Gasteiger partial charge in [0, 0.05) is 6.42 Å². The van der Waals surface area contributed by atoms with Crippen molar-refractivity contribution in [3.8, 4) is 0 Å². The molecular formula is C11H14FN3. The molecule has 2 aromatic rings. The summed E-state index contributed by atoms with van der Waals surface area (Å²) in [6.45, 7) is 2.69. The monoisotopic (exact) mass is 207 g/mol. The molecule has 1 heterocycles. The summed E-state index contributed by atoms with van der Waals surface area (Å²) >= 11 is 0. The largest absolute Gasteiger partial charge is 0.342 e. The van der Waals surface area contributed by atoms with Crippen LogP contribution in [0.2, 0.25) is 0 Å². The predicted molar refractivity (Wildman–Crippen MR) is 58.0 cm³/mol. The van der Waals surface area contributed by atoms with Crippen LogP contribution in [0.1, 0.15) is 12.7 Å². The number of H-pyrrole nitrogens is 1. The first-order valence-corrected chi connectivity index (χ1v) is 5.03. The molecule has 0 fully saturated rings. The van der Waals surface area contributed by atoms with E-state index in [0.717, 1.165) is 23.3 Å². The van der Waals surface area contributed by atoms with E-state index >= 15 is 0 Å². The van der Waals surface area contributed by atoms with E-state index in [1.807, 2.05) is 0 Å². The van der Waals surface area contributed by atoms with Crippen LogP contribution in [-0.2, 0) is 6.42 Å². The molecule has 1 aromatic carbocycles. The number of aromatic nitrogens is 2. The Morgan fingerprint density at radius 1 is 1.53 bits per heavy atom. The lowest BCUT2D eigenvalue weighted by Gasteiger charge is -2.03. The van der Waals surface area contributed by atoms with Crippen LogP contribution in [0, 0.1) is 11.7 Å². The van der Waals surface area contributed by atoms with Crippen LogP contribution in [0.4, 0.5) is 4.39 Å². The van der Waals surface area contributed by atoms with Gasteiger partial charge in [0.1, 0.15) is 11.6 Å². The van der Waals surface area contributed by atoms with Crippen molar-refractivity contribution in [1.82, 2.24) is 9.97 Å². The third-order valence-electron chi connectivity index (χ3n) is 2.44. The number of nitrogens with two attached hydrogens (primary N) is 1. The molecule has 0 aliphatic heterocycles. The van der Waals surface area contributed by atoms with Gasteiger partial charge in [-0.2, -0.15) is 0 Å². The van der Waals surface area contributed by atoms with Crippen molar-refractivity contribution in [2.75, 3.05) is 6.54 Å². The van der Waals surface area contributed by atoms with Crippen molar-refractivity contribution in [3.05, 3.63) is 29.8 Å². The maximum atomic E-state index is 12.9. The van der Waals surface area contributed by atoms with Crippen LogP contribution in [0.3, 0.4) is 0 Å². The summed E-state index contributed by atoms with van der Waals surface area (Å²) in [5, 5.41) is 0. The highest BCUT2D eigenvalue weighted by Gasteiger charge is 2.07. The topological polar surface area (TPSA) is 54.7 Å². The zero-order valence-electron chi connectivity index (χ0n) is 8.63. The highest BCUT2D eigenvalue weighted by atomic mass is 19.1. The highest BCUT2D eigenvalue weighted by molar-refractivity contribution is 5.74. The number of benzene rings is 1. The van der Waals surface area contributed by atoms with Gasteiger partial charge in [0.05, 0.1) is 11.0 Å². The number of aromatic amines is 1. The Bertz CT molecular complexity index is 464. The molecule has 0 aliphatic rings. The second kappa shape index (κ2) is 3.98. The number of fused-ring (bicyclic) bond motifs is 1. The molecule has 3 nitrogen and oxygen atoms in total. The zero-order chi connectivity index (χ0) is 10.8. The minimum Gasteiger partial charge on any atom is -0.342 e. The molecule has 0 aliphatic carbocycles. The predicted octanol–water partition coefficient (Wildman–Crippen LogP) is 1.84. The van der Waals surface area contributed by atoms with Gasteiger partial charge in [0.15, 0.2) is 0 Å². The van der Waals surface area contributed by atoms with Gasteiger partial charge < -0.3 is 10.7 Å². The zero-order valence-corrected chi connectivity index (χ0v) is 8.63. The van der Waals surface area contributed by atoms with Crippen LogP contribution >= 0.6 is 0 Å². The number of hydrogen-bond donors (Lipinski definition) is 2. The van der Waals surface area contributed by atoms with E-state index in [2.05, 4.69) is 16.9 Å². The van der Waals surface area contributed by atoms with Crippen molar-refractivity contribution >= 4 is 11.0 Å². The van der Waals surface area contributed by atoms with Crippen LogP contribution < -0.4 is 5.73 Å². The Kier molecular flexibility index (Phi) is 2.68. The minimum absolute atomic E-state index is 0.246. The van der Waals surface area contributed by atoms with Crippen molar-refractivity contribution in [2.45, 2.75) is 13.3 Å². The van der Waals surface area contributed by atoms with Gasteiger partial charge in [-0.05, 0) is 30.7 Å². The highest BCUT2D eigenvalue weighted by Crippen LogP contribution is 2.14. The Balaban J connectivity index is 2.30. The Labute approximate surface area is 87.5 Å². The molecule has 0 spiro atoms. The quantitative estimate of drug-likeness (QED) is 0.806. The molecular weight excluding hydrogens is 193 g/mol. The second-order valence-electron chi connectivity index (χ2n) is 3.89. The van der Waals surface area contributed by atoms with Gasteiger partial charge >= 0.3 is 0 Å². The Morgan fingerprint density at radius 3 is 3.07 bits per heavy atom. The van der Waals surface area contributed by atoms with Crippen molar-refractivity contribution in [3.63, 3.8) is 0 Å². The van der Waals surface area contributed by atoms with E-state index in [1.54, 1.807) is 6.07 Å². The minimum atomic E-state index is -0.246. The Hall–Kier alpha value is -1.42. The lowest BCUT2D eigenvalue weighted by atomic mass is 10.1. The smallest absolute Gasteiger partial charge is 0.125 e. The van der Waals surface area contributed by atoms with E-state index in [0.29, 0.717) is 12.5 Å². The van der Waals surface area contributed by atoms with Gasteiger partial charge in [-0.15, -0.1) is 0 Å². The Morgan fingerprint density at radius 2 is 2.33 bits per heavy atom. The molecule has 2 rings (SSSR count). The van der Waals surface area contributed by atoms with E-state index in [-0.39, 0.29) is 5.82 Å². The first-order chi connectivity index (χ1) is 7.19. The fraction of sp³-hybridized carbons (Fsp3) is 0.364. The van der Waals surface area contributed by atoms with Gasteiger partial charge in [0.2, 0.25) is 0 Å². The summed E-state index contributed by atoms with van der Waals surface area (Å²) in [6.07, 6.45) is 0.798. The van der Waals surface area contributed by atoms with Gasteiger partial charge in [0.25, 0.3) is 0 Å². The molecule has 0 bridgehead atoms. The van der Waals surface area contributed by atoms with Crippen molar-refractivity contribution < 1.29 is 4.39 Å². The summed E-state index contributed by atoms with van der Waals surface area (Å²) in [5.74, 6) is 1.01. The third kappa shape index (κ3) is 2.15. The number of rotatable bonds is 3. The average Bonchev–Trinajstić information content (AvgIpc) is 2.59. The molecule has 0 saturated carbocycles. The molecule has 1 unspecified atom stereocenters. The molecule has 80 valence electrons. The first kappa shape index (κ1) is 10.1. The number of nitrogens with zero attached hydrogens (tertiary/aromatic N) is 1. The molecule has 0 amide bonds. The van der Waals surface area contributed by atoms with E-state index in [9.17, 15) is 4.39 Å². The van der Waals surface area contributed by atoms with E-state index < -0.39 is 0 Å². The maximum Gasteiger partial charge on any atom is 0.125 e. The SMILES string of the molecule is CC(CN)Cc1nc2ccc(F)cc2[nH]1. The summed E-state index contributed by atoms with van der Waals surface area (Å²) in [5.41, 5.74) is 7.08. The molecule has 1 aromatic heterocycles. The first-order valence-electron chi connectivity index (χ1n) is 5.03. The van der Waals surface area contributed by atoms with Gasteiger partial charge in [-0.1, -0.05) is 6.92 Å². The van der Waals surface area contributed by atoms with E-state index in [1.165, 1.54) is 12.1 Å². The average molecular weight is 207 g/mol. The summed E-state index contributed by atoms with van der Waals surface area (Å²) < 4.78 is 12.9. The summed E-state index contributed by atoms with van der Waals surface area (Å²) in [7, 11) is 0. The number of hydrogen-bond acceptors (Lipinski definition) is 2. The van der Waals surface area contributed by atoms with Gasteiger partial charge in [-0.3, -0.25) is 0 Å². The normalized spacial score (nSPS) is 13.3. The van der Waals surface area contributed by atoms with E-state index in [4.69, 9.17) is 5.73 Å². The molecule has 1 atom stereocenters. The van der Waals surface area contributed by atoms with Gasteiger partial charge in [-0.25, -0.2) is 9.37 Å². The standard InChI is InChI=1S/C11H14FN3/c1-7(6-13)4-11-14-9-3-2-8(12)5-10(9)15-11/h2-3,5,7H,4,6,13H2,1H3,(H,14,15). The van der Waals surface area contributed by atoms with Crippen LogP contribution in [0.15, 0.2) is 18.2 Å². The molecule has 15 heavy (non-hydrogen) atoms. The number of halogens is 1. The lowest BCUT2D eigenvalue weighted by molar-refractivity contribution is 0.578. The molecule has 0 radical (unpaired) electrons. The molecule has 4 heteroatoms. The summed E-state index contributed by atoms with van der Waals surface area (Å²) in [6, 6.07) is 4.55. The fourth-order valence-electron chi connectivity index (χ4n) is 1.54. The summed E-state index contributed by atoms with van der Waals surface area (Å²) in [4.78, 5) is 7.46. The fourth-order valence-corrected chi connectivity index (χ4v) is 1.54. The van der Waals surface area contributed by atoms with Crippen molar-refractivity contribution in [2.24, 2.45) is 11.7 Å². The number of nitrogens with one attached hydrogen (secondary N) is 1. The van der Waals surface area contributed by atoms with Crippen LogP contribution in [0.25, 0.3) is 11.0 Å². The van der Waals surface area contributed by atoms with Crippen LogP contribution in [0.5, 0.6) is 0 Å². The number of imidazole rings is 1. The van der Waals surface area contributed by atoms with Crippen LogP contribution in [-0.4, -0.2) is 16.5 Å². The third-order valence-corrected chi connectivity index (χ3v) is 2.44. The molecule has 0 saturated heterocycles. The van der Waals surface area contributed by atoms with Crippen molar-refractivity contribution in [1.29, 1.82) is 0 Å². The molecule has 3 N–H and O–H groups in total.